The van der Waals surface area contributed by atoms with Crippen LogP contribution >= 0.6 is 0 Å². The highest BCUT2D eigenvalue weighted by Gasteiger charge is 2.29. The van der Waals surface area contributed by atoms with Crippen molar-refractivity contribution in [2.45, 2.75) is 38.3 Å². The molecular weight excluding hydrogens is 184 g/mol. The summed E-state index contributed by atoms with van der Waals surface area (Å²) in [6, 6.07) is 1.23. The van der Waals surface area contributed by atoms with Gasteiger partial charge >= 0.3 is 0 Å². The molecule has 0 saturated carbocycles. The maximum absolute atomic E-state index is 3.70. The molecule has 84 valence electrons. The molecule has 1 saturated heterocycles. The van der Waals surface area contributed by atoms with Crippen molar-refractivity contribution < 1.29 is 0 Å². The first-order chi connectivity index (χ1) is 7.42. The van der Waals surface area contributed by atoms with Gasteiger partial charge in [-0.1, -0.05) is 37.6 Å². The Morgan fingerprint density at radius 3 is 3.07 bits per heavy atom. The van der Waals surface area contributed by atoms with E-state index in [1.807, 2.05) is 0 Å². The summed E-state index contributed by atoms with van der Waals surface area (Å²) in [6.07, 6.45) is 12.8. The van der Waals surface area contributed by atoms with E-state index in [-0.39, 0.29) is 0 Å². The molecule has 2 N–H and O–H groups in total. The Kier molecular flexibility index (Phi) is 3.98. The summed E-state index contributed by atoms with van der Waals surface area (Å²) in [5.74, 6) is 0.653. The minimum Gasteiger partial charge on any atom is -0.313 e. The van der Waals surface area contributed by atoms with Crippen molar-refractivity contribution in [3.63, 3.8) is 0 Å². The molecule has 3 unspecified atom stereocenters. The van der Waals surface area contributed by atoms with Crippen LogP contribution in [0.1, 0.15) is 26.2 Å². The van der Waals surface area contributed by atoms with Gasteiger partial charge in [-0.2, -0.15) is 0 Å². The van der Waals surface area contributed by atoms with E-state index in [1.54, 1.807) is 0 Å². The molecule has 0 spiro atoms. The molecule has 1 heterocycles. The number of allylic oxidation sites excluding steroid dienone is 2. The van der Waals surface area contributed by atoms with Gasteiger partial charge in [0.15, 0.2) is 0 Å². The van der Waals surface area contributed by atoms with Crippen LogP contribution in [-0.4, -0.2) is 25.2 Å². The van der Waals surface area contributed by atoms with E-state index in [2.05, 4.69) is 41.9 Å². The molecule has 1 fully saturated rings. The lowest BCUT2D eigenvalue weighted by Gasteiger charge is -2.37. The Bertz CT molecular complexity index is 245. The second kappa shape index (κ2) is 5.47. The molecule has 2 aliphatic rings. The van der Waals surface area contributed by atoms with E-state index >= 15 is 0 Å². The average molecular weight is 206 g/mol. The lowest BCUT2D eigenvalue weighted by atomic mass is 9.83. The van der Waals surface area contributed by atoms with E-state index in [0.717, 1.165) is 6.54 Å². The maximum Gasteiger partial charge on any atom is 0.0331 e. The van der Waals surface area contributed by atoms with Gasteiger partial charge in [0.25, 0.3) is 0 Å². The van der Waals surface area contributed by atoms with Crippen LogP contribution in [0.3, 0.4) is 0 Å². The fraction of sp³-hybridized carbons (Fsp3) is 0.692. The predicted molar refractivity (Wildman–Crippen MR) is 64.9 cm³/mol. The highest BCUT2D eigenvalue weighted by atomic mass is 15.0. The maximum atomic E-state index is 3.70. The lowest BCUT2D eigenvalue weighted by molar-refractivity contribution is 0.280. The van der Waals surface area contributed by atoms with Crippen LogP contribution in [0.2, 0.25) is 0 Å². The van der Waals surface area contributed by atoms with Gasteiger partial charge in [0.05, 0.1) is 0 Å². The molecule has 2 nitrogen and oxygen atoms in total. The smallest absolute Gasteiger partial charge is 0.0331 e. The molecule has 15 heavy (non-hydrogen) atoms. The molecule has 0 amide bonds. The van der Waals surface area contributed by atoms with E-state index in [1.165, 1.54) is 25.8 Å². The molecular formula is C13H22N2. The van der Waals surface area contributed by atoms with Gasteiger partial charge in [0.2, 0.25) is 0 Å². The minimum atomic E-state index is 0.558. The SMILES string of the molecule is CCCCNC1CCNC2C=CC=CC21. The molecule has 1 aliphatic carbocycles. The van der Waals surface area contributed by atoms with Crippen LogP contribution in [0, 0.1) is 5.92 Å². The van der Waals surface area contributed by atoms with Crippen LogP contribution in [0.5, 0.6) is 0 Å². The third-order valence-electron chi connectivity index (χ3n) is 3.41. The third kappa shape index (κ3) is 2.70. The lowest BCUT2D eigenvalue weighted by Crippen LogP contribution is -2.52. The van der Waals surface area contributed by atoms with Crippen molar-refractivity contribution in [3.05, 3.63) is 24.3 Å². The summed E-state index contributed by atoms with van der Waals surface area (Å²) >= 11 is 0. The Hall–Kier alpha value is -0.600. The van der Waals surface area contributed by atoms with Crippen LogP contribution in [0.25, 0.3) is 0 Å². The van der Waals surface area contributed by atoms with Crippen LogP contribution in [-0.2, 0) is 0 Å². The Balaban J connectivity index is 1.87. The van der Waals surface area contributed by atoms with Gasteiger partial charge < -0.3 is 10.6 Å². The van der Waals surface area contributed by atoms with E-state index < -0.39 is 0 Å². The Morgan fingerprint density at radius 2 is 2.20 bits per heavy atom. The molecule has 0 radical (unpaired) electrons. The van der Waals surface area contributed by atoms with Crippen molar-refractivity contribution in [1.29, 1.82) is 0 Å². The monoisotopic (exact) mass is 206 g/mol. The van der Waals surface area contributed by atoms with Crippen molar-refractivity contribution in [2.24, 2.45) is 5.92 Å². The number of piperidine rings is 1. The van der Waals surface area contributed by atoms with E-state index in [9.17, 15) is 0 Å². The van der Waals surface area contributed by atoms with Crippen molar-refractivity contribution >= 4 is 0 Å². The van der Waals surface area contributed by atoms with Crippen molar-refractivity contribution in [2.75, 3.05) is 13.1 Å². The molecule has 2 heteroatoms. The zero-order chi connectivity index (χ0) is 10.5. The summed E-state index contributed by atoms with van der Waals surface area (Å²) in [6.45, 7) is 4.56. The van der Waals surface area contributed by atoms with Crippen LogP contribution in [0.4, 0.5) is 0 Å². The van der Waals surface area contributed by atoms with Crippen molar-refractivity contribution in [1.82, 2.24) is 10.6 Å². The van der Waals surface area contributed by atoms with Crippen molar-refractivity contribution in [3.8, 4) is 0 Å². The Morgan fingerprint density at radius 1 is 1.33 bits per heavy atom. The summed E-state index contributed by atoms with van der Waals surface area (Å²) in [7, 11) is 0. The van der Waals surface area contributed by atoms with Gasteiger partial charge in [0.1, 0.15) is 0 Å². The molecule has 3 atom stereocenters. The van der Waals surface area contributed by atoms with Gasteiger partial charge in [-0.25, -0.2) is 0 Å². The largest absolute Gasteiger partial charge is 0.313 e. The summed E-state index contributed by atoms with van der Waals surface area (Å²) in [4.78, 5) is 0. The fourth-order valence-electron chi connectivity index (χ4n) is 2.51. The van der Waals surface area contributed by atoms with Gasteiger partial charge in [-0.3, -0.25) is 0 Å². The normalized spacial score (nSPS) is 34.1. The van der Waals surface area contributed by atoms with E-state index in [0.29, 0.717) is 18.0 Å². The molecule has 0 aromatic carbocycles. The minimum absolute atomic E-state index is 0.558. The molecule has 0 aromatic heterocycles. The molecule has 0 bridgehead atoms. The van der Waals surface area contributed by atoms with Gasteiger partial charge in [0, 0.05) is 18.0 Å². The number of hydrogen-bond donors (Lipinski definition) is 2. The summed E-state index contributed by atoms with van der Waals surface area (Å²) in [5, 5.41) is 7.26. The van der Waals surface area contributed by atoms with Gasteiger partial charge in [-0.05, 0) is 25.9 Å². The standard InChI is InChI=1S/C13H22N2/c1-2-3-9-14-13-8-10-15-12-7-5-4-6-11(12)13/h4-7,11-15H,2-3,8-10H2,1H3. The number of nitrogens with one attached hydrogen (secondary N) is 2. The summed E-state index contributed by atoms with van der Waals surface area (Å²) in [5.41, 5.74) is 0. The quantitative estimate of drug-likeness (QED) is 0.686. The van der Waals surface area contributed by atoms with E-state index in [4.69, 9.17) is 0 Å². The number of hydrogen-bond acceptors (Lipinski definition) is 2. The van der Waals surface area contributed by atoms with Crippen LogP contribution in [0.15, 0.2) is 24.3 Å². The zero-order valence-corrected chi connectivity index (χ0v) is 9.58. The molecule has 1 aliphatic heterocycles. The average Bonchev–Trinajstić information content (AvgIpc) is 2.30. The van der Waals surface area contributed by atoms with Crippen LogP contribution < -0.4 is 10.6 Å². The topological polar surface area (TPSA) is 24.1 Å². The number of fused-ring (bicyclic) bond motifs is 1. The summed E-state index contributed by atoms with van der Waals surface area (Å²) < 4.78 is 0. The fourth-order valence-corrected chi connectivity index (χ4v) is 2.51. The molecule has 0 aromatic rings. The zero-order valence-electron chi connectivity index (χ0n) is 9.58. The first-order valence-electron chi connectivity index (χ1n) is 6.23. The predicted octanol–water partition coefficient (Wildman–Crippen LogP) is 1.85. The van der Waals surface area contributed by atoms with Gasteiger partial charge in [-0.15, -0.1) is 0 Å². The second-order valence-electron chi connectivity index (χ2n) is 4.53. The third-order valence-corrected chi connectivity index (χ3v) is 3.41. The number of rotatable bonds is 4. The number of unbranched alkanes of at least 4 members (excludes halogenated alkanes) is 1. The highest BCUT2D eigenvalue weighted by Crippen LogP contribution is 2.22. The highest BCUT2D eigenvalue weighted by molar-refractivity contribution is 5.20. The first kappa shape index (κ1) is 10.9. The Labute approximate surface area is 92.8 Å². The molecule has 2 rings (SSSR count). The first-order valence-corrected chi connectivity index (χ1v) is 6.23. The second-order valence-corrected chi connectivity index (χ2v) is 4.53.